The fourth-order valence-corrected chi connectivity index (χ4v) is 3.54. The molecule has 3 aromatic rings. The Balaban J connectivity index is 1.77. The van der Waals surface area contributed by atoms with E-state index in [1.165, 1.54) is 19.2 Å². The summed E-state index contributed by atoms with van der Waals surface area (Å²) in [6, 6.07) is 18.9. The zero-order valence-corrected chi connectivity index (χ0v) is 16.5. The van der Waals surface area contributed by atoms with Crippen molar-refractivity contribution < 1.29 is 14.2 Å². The van der Waals surface area contributed by atoms with Crippen molar-refractivity contribution in [2.45, 2.75) is 12.2 Å². The molecule has 0 spiro atoms. The highest BCUT2D eigenvalue weighted by molar-refractivity contribution is 6.30. The Morgan fingerprint density at radius 3 is 2.41 bits per heavy atom. The van der Waals surface area contributed by atoms with E-state index in [-0.39, 0.29) is 23.8 Å². The summed E-state index contributed by atoms with van der Waals surface area (Å²) in [6.45, 7) is 0. The highest BCUT2D eigenvalue weighted by Crippen LogP contribution is 2.37. The highest BCUT2D eigenvalue weighted by Gasteiger charge is 2.26. The Bertz CT molecular complexity index is 1040. The van der Waals surface area contributed by atoms with E-state index in [0.717, 1.165) is 16.8 Å². The lowest BCUT2D eigenvalue weighted by atomic mass is 9.97. The zero-order chi connectivity index (χ0) is 20.4. The molecule has 1 aliphatic rings. The van der Waals surface area contributed by atoms with Crippen molar-refractivity contribution in [1.82, 2.24) is 10.6 Å². The molecular weight excluding hydrogens is 391 g/mol. The average Bonchev–Trinajstić information content (AvgIpc) is 2.74. The van der Waals surface area contributed by atoms with Crippen LogP contribution in [-0.2, 0) is 0 Å². The van der Waals surface area contributed by atoms with Gasteiger partial charge in [0.15, 0.2) is 11.5 Å². The number of benzene rings is 3. The van der Waals surface area contributed by atoms with E-state index in [9.17, 15) is 9.50 Å². The molecule has 0 fully saturated rings. The van der Waals surface area contributed by atoms with E-state index in [4.69, 9.17) is 16.3 Å². The fourth-order valence-electron chi connectivity index (χ4n) is 3.42. The molecule has 3 aromatic carbocycles. The summed E-state index contributed by atoms with van der Waals surface area (Å²) in [4.78, 5) is 0. The van der Waals surface area contributed by atoms with Gasteiger partial charge in [0.2, 0.25) is 0 Å². The number of hydrogen-bond donors (Lipinski definition) is 3. The van der Waals surface area contributed by atoms with Crippen LogP contribution in [0.25, 0.3) is 5.70 Å². The van der Waals surface area contributed by atoms with Crippen molar-refractivity contribution in [2.75, 3.05) is 7.11 Å². The Morgan fingerprint density at radius 1 is 1.00 bits per heavy atom. The van der Waals surface area contributed by atoms with Gasteiger partial charge in [-0.2, -0.15) is 0 Å². The monoisotopic (exact) mass is 410 g/mol. The minimum Gasteiger partial charge on any atom is -0.504 e. The van der Waals surface area contributed by atoms with E-state index in [2.05, 4.69) is 10.6 Å². The first-order chi connectivity index (χ1) is 14.0. The summed E-state index contributed by atoms with van der Waals surface area (Å²) in [7, 11) is 1.52. The molecule has 6 heteroatoms. The molecule has 0 aromatic heterocycles. The molecule has 29 heavy (non-hydrogen) atoms. The van der Waals surface area contributed by atoms with Crippen molar-refractivity contribution >= 4 is 17.3 Å². The number of aromatic hydroxyl groups is 1. The number of rotatable bonds is 4. The third kappa shape index (κ3) is 4.06. The van der Waals surface area contributed by atoms with Crippen LogP contribution in [0.2, 0.25) is 5.02 Å². The normalized spacial score (nSPS) is 18.7. The molecule has 0 saturated carbocycles. The Hall–Kier alpha value is -3.02. The van der Waals surface area contributed by atoms with Crippen molar-refractivity contribution in [1.29, 1.82) is 0 Å². The molecule has 2 unspecified atom stereocenters. The van der Waals surface area contributed by atoms with E-state index in [1.807, 2.05) is 42.5 Å². The maximum atomic E-state index is 13.4. The fraction of sp³-hybridized carbons (Fsp3) is 0.130. The number of methoxy groups -OCH3 is 1. The van der Waals surface area contributed by atoms with E-state index < -0.39 is 0 Å². The maximum Gasteiger partial charge on any atom is 0.162 e. The lowest BCUT2D eigenvalue weighted by Gasteiger charge is -2.33. The number of phenolic OH excluding ortho intramolecular Hbond substituents is 1. The molecule has 0 saturated heterocycles. The van der Waals surface area contributed by atoms with Crippen LogP contribution >= 0.6 is 11.6 Å². The van der Waals surface area contributed by atoms with Crippen LogP contribution in [0.3, 0.4) is 0 Å². The average molecular weight is 411 g/mol. The van der Waals surface area contributed by atoms with Crippen molar-refractivity contribution in [3.8, 4) is 11.5 Å². The SMILES string of the molecule is COc1cccc(C2C=C(c3ccc(Cl)cc3)NC(c3ccc(F)cc3)N2)c1O. The lowest BCUT2D eigenvalue weighted by molar-refractivity contribution is 0.363. The molecule has 0 aliphatic carbocycles. The molecule has 3 N–H and O–H groups in total. The second-order valence-electron chi connectivity index (χ2n) is 6.76. The van der Waals surface area contributed by atoms with Crippen LogP contribution in [0.15, 0.2) is 72.8 Å². The van der Waals surface area contributed by atoms with E-state index in [1.54, 1.807) is 18.2 Å². The summed E-state index contributed by atoms with van der Waals surface area (Å²) in [5.41, 5.74) is 3.39. The third-order valence-corrected chi connectivity index (χ3v) is 5.18. The third-order valence-electron chi connectivity index (χ3n) is 4.92. The Labute approximate surface area is 173 Å². The van der Waals surface area contributed by atoms with E-state index >= 15 is 0 Å². The summed E-state index contributed by atoms with van der Waals surface area (Å²) in [5.74, 6) is 0.196. The molecule has 0 bridgehead atoms. The number of nitrogens with one attached hydrogen (secondary N) is 2. The van der Waals surface area contributed by atoms with Gasteiger partial charge in [-0.05, 0) is 47.5 Å². The van der Waals surface area contributed by atoms with Crippen LogP contribution in [-0.4, -0.2) is 12.2 Å². The first-order valence-electron chi connectivity index (χ1n) is 9.17. The number of halogens is 2. The van der Waals surface area contributed by atoms with Crippen LogP contribution in [0.1, 0.15) is 28.9 Å². The van der Waals surface area contributed by atoms with E-state index in [0.29, 0.717) is 16.3 Å². The first-order valence-corrected chi connectivity index (χ1v) is 9.54. The van der Waals surface area contributed by atoms with Gasteiger partial charge in [0.1, 0.15) is 12.0 Å². The molecule has 2 atom stereocenters. The number of hydrogen-bond acceptors (Lipinski definition) is 4. The quantitative estimate of drug-likeness (QED) is 0.555. The molecule has 4 rings (SSSR count). The Morgan fingerprint density at radius 2 is 1.72 bits per heavy atom. The number of phenols is 1. The van der Waals surface area contributed by atoms with Gasteiger partial charge in [-0.15, -0.1) is 0 Å². The minimum atomic E-state index is -0.299. The molecule has 0 radical (unpaired) electrons. The first kappa shape index (κ1) is 19.3. The maximum absolute atomic E-state index is 13.4. The van der Waals surface area contributed by atoms with Gasteiger partial charge in [0.25, 0.3) is 0 Å². The molecule has 4 nitrogen and oxygen atoms in total. The highest BCUT2D eigenvalue weighted by atomic mass is 35.5. The van der Waals surface area contributed by atoms with Crippen LogP contribution in [0.4, 0.5) is 4.39 Å². The summed E-state index contributed by atoms with van der Waals surface area (Å²) < 4.78 is 18.7. The summed E-state index contributed by atoms with van der Waals surface area (Å²) >= 11 is 6.03. The molecular formula is C23H20ClFN2O2. The van der Waals surface area contributed by atoms with Gasteiger partial charge in [-0.25, -0.2) is 4.39 Å². The van der Waals surface area contributed by atoms with Gasteiger partial charge in [0.05, 0.1) is 13.2 Å². The molecule has 1 heterocycles. The van der Waals surface area contributed by atoms with Gasteiger partial charge in [-0.3, -0.25) is 5.32 Å². The van der Waals surface area contributed by atoms with Gasteiger partial charge in [0, 0.05) is 16.3 Å². The molecule has 148 valence electrons. The van der Waals surface area contributed by atoms with Crippen LogP contribution in [0, 0.1) is 5.82 Å². The van der Waals surface area contributed by atoms with Crippen molar-refractivity contribution in [3.05, 3.63) is 100 Å². The molecule has 1 aliphatic heterocycles. The van der Waals surface area contributed by atoms with Gasteiger partial charge >= 0.3 is 0 Å². The Kier molecular flexibility index (Phi) is 5.43. The van der Waals surface area contributed by atoms with Gasteiger partial charge in [-0.1, -0.05) is 48.0 Å². The predicted molar refractivity (Wildman–Crippen MR) is 112 cm³/mol. The van der Waals surface area contributed by atoms with Crippen molar-refractivity contribution in [2.24, 2.45) is 0 Å². The number of ether oxygens (including phenoxy) is 1. The predicted octanol–water partition coefficient (Wildman–Crippen LogP) is 5.17. The smallest absolute Gasteiger partial charge is 0.162 e. The van der Waals surface area contributed by atoms with Crippen LogP contribution < -0.4 is 15.4 Å². The zero-order valence-electron chi connectivity index (χ0n) is 15.7. The molecule has 0 amide bonds. The van der Waals surface area contributed by atoms with Crippen LogP contribution in [0.5, 0.6) is 11.5 Å². The summed E-state index contributed by atoms with van der Waals surface area (Å²) in [6.07, 6.45) is 1.71. The standard InChI is InChI=1S/C23H20ClFN2O2/c1-29-21-4-2-3-18(22(21)28)20-13-19(14-5-9-16(24)10-6-14)26-23(27-20)15-7-11-17(25)12-8-15/h2-13,20,23,26-28H,1H3. The lowest BCUT2D eigenvalue weighted by Crippen LogP contribution is -2.39. The van der Waals surface area contributed by atoms with Crippen molar-refractivity contribution in [3.63, 3.8) is 0 Å². The van der Waals surface area contributed by atoms with Gasteiger partial charge < -0.3 is 15.2 Å². The topological polar surface area (TPSA) is 53.5 Å². The summed E-state index contributed by atoms with van der Waals surface area (Å²) in [5, 5.41) is 18.2. The second kappa shape index (κ2) is 8.15. The largest absolute Gasteiger partial charge is 0.504 e. The second-order valence-corrected chi connectivity index (χ2v) is 7.20. The number of para-hydroxylation sites is 1. The minimum absolute atomic E-state index is 0.0824.